The van der Waals surface area contributed by atoms with Crippen LogP contribution in [0, 0.1) is 6.92 Å². The SMILES string of the molecule is Cc1cnc(C(=O)NCCOc2cccc(N)c2)cn1. The van der Waals surface area contributed by atoms with Gasteiger partial charge in [-0.15, -0.1) is 0 Å². The molecule has 20 heavy (non-hydrogen) atoms. The number of hydrogen-bond acceptors (Lipinski definition) is 5. The smallest absolute Gasteiger partial charge is 0.271 e. The summed E-state index contributed by atoms with van der Waals surface area (Å²) >= 11 is 0. The molecule has 1 aromatic heterocycles. The van der Waals surface area contributed by atoms with E-state index in [1.54, 1.807) is 18.3 Å². The lowest BCUT2D eigenvalue weighted by molar-refractivity contribution is 0.0941. The topological polar surface area (TPSA) is 90.1 Å². The van der Waals surface area contributed by atoms with E-state index in [1.165, 1.54) is 6.20 Å². The summed E-state index contributed by atoms with van der Waals surface area (Å²) < 4.78 is 5.46. The standard InChI is InChI=1S/C14H16N4O2/c1-10-8-18-13(9-17-10)14(19)16-5-6-20-12-4-2-3-11(15)7-12/h2-4,7-9H,5-6,15H2,1H3,(H,16,19). The number of carbonyl (C=O) groups excluding carboxylic acids is 1. The van der Waals surface area contributed by atoms with Crippen molar-refractivity contribution in [3.05, 3.63) is 48.0 Å². The van der Waals surface area contributed by atoms with Crippen LogP contribution < -0.4 is 15.8 Å². The van der Waals surface area contributed by atoms with Crippen LogP contribution in [0.5, 0.6) is 5.75 Å². The highest BCUT2D eigenvalue weighted by Gasteiger charge is 2.06. The molecule has 0 saturated heterocycles. The molecule has 0 spiro atoms. The first kappa shape index (κ1) is 13.8. The van der Waals surface area contributed by atoms with E-state index in [2.05, 4.69) is 15.3 Å². The van der Waals surface area contributed by atoms with Crippen LogP contribution in [-0.4, -0.2) is 29.0 Å². The van der Waals surface area contributed by atoms with Gasteiger partial charge in [0.05, 0.1) is 18.4 Å². The fourth-order valence-corrected chi connectivity index (χ4v) is 1.54. The second-order valence-electron chi connectivity index (χ2n) is 4.22. The number of benzene rings is 1. The number of nitrogens with two attached hydrogens (primary N) is 1. The first-order chi connectivity index (χ1) is 9.65. The third-order valence-corrected chi connectivity index (χ3v) is 2.53. The Bertz CT molecular complexity index is 584. The highest BCUT2D eigenvalue weighted by Crippen LogP contribution is 2.13. The minimum Gasteiger partial charge on any atom is -0.492 e. The number of anilines is 1. The summed E-state index contributed by atoms with van der Waals surface area (Å²) in [4.78, 5) is 19.7. The predicted molar refractivity (Wildman–Crippen MR) is 75.5 cm³/mol. The second kappa shape index (κ2) is 6.51. The summed E-state index contributed by atoms with van der Waals surface area (Å²) in [6.45, 7) is 2.55. The maximum Gasteiger partial charge on any atom is 0.271 e. The monoisotopic (exact) mass is 272 g/mol. The maximum absolute atomic E-state index is 11.7. The Morgan fingerprint density at radius 3 is 2.90 bits per heavy atom. The number of amides is 1. The summed E-state index contributed by atoms with van der Waals surface area (Å²) in [7, 11) is 0. The largest absolute Gasteiger partial charge is 0.492 e. The van der Waals surface area contributed by atoms with Crippen molar-refractivity contribution in [2.45, 2.75) is 6.92 Å². The van der Waals surface area contributed by atoms with E-state index in [0.29, 0.717) is 30.3 Å². The highest BCUT2D eigenvalue weighted by molar-refractivity contribution is 5.91. The van der Waals surface area contributed by atoms with Gasteiger partial charge in [-0.05, 0) is 19.1 Å². The molecule has 0 saturated carbocycles. The van der Waals surface area contributed by atoms with Crippen LogP contribution in [0.2, 0.25) is 0 Å². The van der Waals surface area contributed by atoms with Crippen molar-refractivity contribution in [2.24, 2.45) is 0 Å². The Morgan fingerprint density at radius 2 is 2.20 bits per heavy atom. The molecule has 2 rings (SSSR count). The molecule has 0 aliphatic carbocycles. The average Bonchev–Trinajstić information content (AvgIpc) is 2.44. The van der Waals surface area contributed by atoms with Crippen LogP contribution in [0.25, 0.3) is 0 Å². The molecule has 0 fully saturated rings. The van der Waals surface area contributed by atoms with Gasteiger partial charge in [0.25, 0.3) is 5.91 Å². The number of hydrogen-bond donors (Lipinski definition) is 2. The molecular formula is C14H16N4O2. The number of aromatic nitrogens is 2. The number of rotatable bonds is 5. The van der Waals surface area contributed by atoms with Crippen molar-refractivity contribution < 1.29 is 9.53 Å². The summed E-state index contributed by atoms with van der Waals surface area (Å²) in [5.74, 6) is 0.406. The van der Waals surface area contributed by atoms with Crippen LogP contribution in [0.1, 0.15) is 16.2 Å². The Kier molecular flexibility index (Phi) is 4.49. The van der Waals surface area contributed by atoms with Gasteiger partial charge in [-0.2, -0.15) is 0 Å². The van der Waals surface area contributed by atoms with E-state index in [-0.39, 0.29) is 5.91 Å². The van der Waals surface area contributed by atoms with Crippen molar-refractivity contribution in [2.75, 3.05) is 18.9 Å². The third kappa shape index (κ3) is 3.94. The van der Waals surface area contributed by atoms with Gasteiger partial charge in [0.1, 0.15) is 18.1 Å². The summed E-state index contributed by atoms with van der Waals surface area (Å²) in [6.07, 6.45) is 3.00. The second-order valence-corrected chi connectivity index (χ2v) is 4.22. The minimum atomic E-state index is -0.270. The number of aryl methyl sites for hydroxylation is 1. The van der Waals surface area contributed by atoms with Crippen molar-refractivity contribution in [1.29, 1.82) is 0 Å². The maximum atomic E-state index is 11.7. The van der Waals surface area contributed by atoms with E-state index in [4.69, 9.17) is 10.5 Å². The zero-order valence-electron chi connectivity index (χ0n) is 11.2. The van der Waals surface area contributed by atoms with Crippen molar-refractivity contribution in [3.63, 3.8) is 0 Å². The molecule has 1 heterocycles. The Balaban J connectivity index is 1.76. The number of carbonyl (C=O) groups is 1. The lowest BCUT2D eigenvalue weighted by Crippen LogP contribution is -2.28. The van der Waals surface area contributed by atoms with E-state index < -0.39 is 0 Å². The van der Waals surface area contributed by atoms with Gasteiger partial charge in [0, 0.05) is 18.0 Å². The number of nitrogens with zero attached hydrogens (tertiary/aromatic N) is 2. The first-order valence-electron chi connectivity index (χ1n) is 6.20. The molecule has 2 aromatic rings. The van der Waals surface area contributed by atoms with Crippen molar-refractivity contribution >= 4 is 11.6 Å². The Labute approximate surface area is 117 Å². The highest BCUT2D eigenvalue weighted by atomic mass is 16.5. The van der Waals surface area contributed by atoms with Crippen LogP contribution >= 0.6 is 0 Å². The quantitative estimate of drug-likeness (QED) is 0.630. The van der Waals surface area contributed by atoms with Crippen molar-refractivity contribution in [1.82, 2.24) is 15.3 Å². The Hall–Kier alpha value is -2.63. The fraction of sp³-hybridized carbons (Fsp3) is 0.214. The molecule has 1 aromatic carbocycles. The molecule has 6 heteroatoms. The first-order valence-corrected chi connectivity index (χ1v) is 6.20. The van der Waals surface area contributed by atoms with Gasteiger partial charge in [-0.3, -0.25) is 9.78 Å². The van der Waals surface area contributed by atoms with Gasteiger partial charge >= 0.3 is 0 Å². The van der Waals surface area contributed by atoms with E-state index in [1.807, 2.05) is 19.1 Å². The molecule has 0 unspecified atom stereocenters. The van der Waals surface area contributed by atoms with Crippen LogP contribution in [0.3, 0.4) is 0 Å². The normalized spacial score (nSPS) is 10.1. The van der Waals surface area contributed by atoms with Crippen LogP contribution in [-0.2, 0) is 0 Å². The lowest BCUT2D eigenvalue weighted by atomic mass is 10.3. The molecule has 1 amide bonds. The van der Waals surface area contributed by atoms with Gasteiger partial charge in [0.2, 0.25) is 0 Å². The summed E-state index contributed by atoms with van der Waals surface area (Å²) in [5.41, 5.74) is 7.34. The van der Waals surface area contributed by atoms with E-state index in [0.717, 1.165) is 5.69 Å². The zero-order valence-corrected chi connectivity index (χ0v) is 11.2. The lowest BCUT2D eigenvalue weighted by Gasteiger charge is -2.08. The molecule has 0 aliphatic heterocycles. The molecule has 6 nitrogen and oxygen atoms in total. The number of nitrogen functional groups attached to an aromatic ring is 1. The fourth-order valence-electron chi connectivity index (χ4n) is 1.54. The van der Waals surface area contributed by atoms with Crippen LogP contribution in [0.4, 0.5) is 5.69 Å². The zero-order chi connectivity index (χ0) is 14.4. The predicted octanol–water partition coefficient (Wildman–Crippen LogP) is 1.18. The van der Waals surface area contributed by atoms with Crippen LogP contribution in [0.15, 0.2) is 36.7 Å². The van der Waals surface area contributed by atoms with Gasteiger partial charge in [-0.1, -0.05) is 6.07 Å². The number of nitrogens with one attached hydrogen (secondary N) is 1. The molecular weight excluding hydrogens is 256 g/mol. The Morgan fingerprint density at radius 1 is 1.35 bits per heavy atom. The summed E-state index contributed by atoms with van der Waals surface area (Å²) in [5, 5.41) is 2.71. The van der Waals surface area contributed by atoms with Gasteiger partial charge < -0.3 is 15.8 Å². The molecule has 0 radical (unpaired) electrons. The molecule has 104 valence electrons. The van der Waals surface area contributed by atoms with E-state index >= 15 is 0 Å². The van der Waals surface area contributed by atoms with Crippen molar-refractivity contribution in [3.8, 4) is 5.75 Å². The molecule has 0 atom stereocenters. The third-order valence-electron chi connectivity index (χ3n) is 2.53. The summed E-state index contributed by atoms with van der Waals surface area (Å²) in [6, 6.07) is 7.13. The number of ether oxygens (including phenoxy) is 1. The van der Waals surface area contributed by atoms with E-state index in [9.17, 15) is 4.79 Å². The van der Waals surface area contributed by atoms with Gasteiger partial charge in [0.15, 0.2) is 0 Å². The average molecular weight is 272 g/mol. The minimum absolute atomic E-state index is 0.270. The molecule has 0 bridgehead atoms. The molecule has 3 N–H and O–H groups in total. The van der Waals surface area contributed by atoms with Gasteiger partial charge in [-0.25, -0.2) is 4.98 Å². The molecule has 0 aliphatic rings.